The first-order valence-corrected chi connectivity index (χ1v) is 6.18. The first-order chi connectivity index (χ1) is 6.72. The van der Waals surface area contributed by atoms with Crippen molar-refractivity contribution in [2.75, 3.05) is 19.0 Å². The Bertz CT molecular complexity index is 154. The molecule has 1 heterocycles. The summed E-state index contributed by atoms with van der Waals surface area (Å²) < 4.78 is 5.71. The van der Waals surface area contributed by atoms with Crippen molar-refractivity contribution in [3.8, 4) is 0 Å². The van der Waals surface area contributed by atoms with Gasteiger partial charge >= 0.3 is 0 Å². The molecule has 3 unspecified atom stereocenters. The van der Waals surface area contributed by atoms with Crippen LogP contribution in [0.1, 0.15) is 33.1 Å². The smallest absolute Gasteiger partial charge is 0.0704 e. The molecule has 14 heavy (non-hydrogen) atoms. The second-order valence-corrected chi connectivity index (χ2v) is 4.77. The van der Waals surface area contributed by atoms with Crippen LogP contribution in [0.3, 0.4) is 0 Å². The van der Waals surface area contributed by atoms with Crippen LogP contribution in [0.5, 0.6) is 0 Å². The van der Waals surface area contributed by atoms with Gasteiger partial charge in [-0.1, -0.05) is 6.92 Å². The normalized spacial score (nSPS) is 29.4. The van der Waals surface area contributed by atoms with Crippen molar-refractivity contribution in [2.24, 2.45) is 5.92 Å². The van der Waals surface area contributed by atoms with Crippen molar-refractivity contribution >= 4 is 11.6 Å². The summed E-state index contributed by atoms with van der Waals surface area (Å²) in [7, 11) is 0. The molecule has 0 radical (unpaired) electrons. The minimum Gasteiger partial charge on any atom is -0.374 e. The molecule has 3 atom stereocenters. The van der Waals surface area contributed by atoms with Gasteiger partial charge in [0.1, 0.15) is 0 Å². The maximum atomic E-state index is 5.71. The average Bonchev–Trinajstić information content (AvgIpc) is 2.52. The van der Waals surface area contributed by atoms with Gasteiger partial charge in [-0.15, -0.1) is 11.6 Å². The van der Waals surface area contributed by atoms with E-state index < -0.39 is 0 Å². The number of alkyl halides is 1. The van der Waals surface area contributed by atoms with Crippen LogP contribution in [0, 0.1) is 5.92 Å². The molecule has 0 aliphatic carbocycles. The Hall–Kier alpha value is 0.210. The van der Waals surface area contributed by atoms with E-state index in [-0.39, 0.29) is 0 Å². The standard InChI is InChI=1S/C11H22ClNO/c1-9(5-6-12)7-13-8-11-4-3-10(2)14-11/h9-11,13H,3-8H2,1-2H3. The summed E-state index contributed by atoms with van der Waals surface area (Å²) in [5.41, 5.74) is 0. The number of rotatable bonds is 6. The van der Waals surface area contributed by atoms with Gasteiger partial charge < -0.3 is 10.1 Å². The van der Waals surface area contributed by atoms with Crippen molar-refractivity contribution in [1.82, 2.24) is 5.32 Å². The Balaban J connectivity index is 1.98. The maximum absolute atomic E-state index is 5.71. The Morgan fingerprint density at radius 1 is 1.50 bits per heavy atom. The van der Waals surface area contributed by atoms with Crippen LogP contribution in [0.25, 0.3) is 0 Å². The third-order valence-corrected chi connectivity index (χ3v) is 3.00. The van der Waals surface area contributed by atoms with E-state index in [2.05, 4.69) is 19.2 Å². The van der Waals surface area contributed by atoms with Crippen molar-refractivity contribution in [3.05, 3.63) is 0 Å². The molecule has 0 saturated carbocycles. The van der Waals surface area contributed by atoms with Gasteiger partial charge in [0, 0.05) is 12.4 Å². The van der Waals surface area contributed by atoms with Crippen molar-refractivity contribution in [1.29, 1.82) is 0 Å². The lowest BCUT2D eigenvalue weighted by Gasteiger charge is -2.15. The number of hydrogen-bond acceptors (Lipinski definition) is 2. The van der Waals surface area contributed by atoms with Crippen LogP contribution >= 0.6 is 11.6 Å². The summed E-state index contributed by atoms with van der Waals surface area (Å²) in [5.74, 6) is 1.44. The molecule has 0 aromatic rings. The monoisotopic (exact) mass is 219 g/mol. The molecule has 1 aliphatic rings. The average molecular weight is 220 g/mol. The zero-order valence-electron chi connectivity index (χ0n) is 9.26. The predicted molar refractivity (Wildman–Crippen MR) is 60.9 cm³/mol. The van der Waals surface area contributed by atoms with Crippen LogP contribution in [0.2, 0.25) is 0 Å². The van der Waals surface area contributed by atoms with Crippen LogP contribution in [0.4, 0.5) is 0 Å². The quantitative estimate of drug-likeness (QED) is 0.693. The fourth-order valence-corrected chi connectivity index (χ4v) is 2.19. The first-order valence-electron chi connectivity index (χ1n) is 5.64. The third-order valence-electron chi connectivity index (χ3n) is 2.79. The Morgan fingerprint density at radius 3 is 2.86 bits per heavy atom. The lowest BCUT2D eigenvalue weighted by atomic mass is 10.1. The highest BCUT2D eigenvalue weighted by Gasteiger charge is 2.20. The zero-order chi connectivity index (χ0) is 10.4. The molecule has 84 valence electrons. The van der Waals surface area contributed by atoms with Crippen LogP contribution in [-0.2, 0) is 4.74 Å². The molecular formula is C11H22ClNO. The van der Waals surface area contributed by atoms with Crippen molar-refractivity contribution in [3.63, 3.8) is 0 Å². The Labute approximate surface area is 92.3 Å². The van der Waals surface area contributed by atoms with Crippen LogP contribution < -0.4 is 5.32 Å². The van der Waals surface area contributed by atoms with Crippen molar-refractivity contribution < 1.29 is 4.74 Å². The van der Waals surface area contributed by atoms with Gasteiger partial charge in [0.2, 0.25) is 0 Å². The van der Waals surface area contributed by atoms with Gasteiger partial charge in [-0.25, -0.2) is 0 Å². The van der Waals surface area contributed by atoms with E-state index in [0.29, 0.717) is 18.1 Å². The SMILES string of the molecule is CC(CCCl)CNCC1CCC(C)O1. The van der Waals surface area contributed by atoms with E-state index in [1.807, 2.05) is 0 Å². The first kappa shape index (κ1) is 12.3. The van der Waals surface area contributed by atoms with Gasteiger partial charge in [-0.05, 0) is 38.6 Å². The third kappa shape index (κ3) is 4.63. The summed E-state index contributed by atoms with van der Waals surface area (Å²) in [6, 6.07) is 0. The number of hydrogen-bond donors (Lipinski definition) is 1. The Morgan fingerprint density at radius 2 is 2.29 bits per heavy atom. The predicted octanol–water partition coefficient (Wildman–Crippen LogP) is 2.41. The molecular weight excluding hydrogens is 198 g/mol. The molecule has 0 aromatic carbocycles. The molecule has 1 fully saturated rings. The van der Waals surface area contributed by atoms with Gasteiger partial charge in [-0.3, -0.25) is 0 Å². The maximum Gasteiger partial charge on any atom is 0.0704 e. The second kappa shape index (κ2) is 6.65. The molecule has 0 aromatic heterocycles. The van der Waals surface area contributed by atoms with Gasteiger partial charge in [0.25, 0.3) is 0 Å². The zero-order valence-corrected chi connectivity index (χ0v) is 10.0. The minimum atomic E-state index is 0.438. The number of ether oxygens (including phenoxy) is 1. The summed E-state index contributed by atoms with van der Waals surface area (Å²) in [5, 5.41) is 3.45. The molecule has 1 saturated heterocycles. The van der Waals surface area contributed by atoms with Gasteiger partial charge in [0.05, 0.1) is 12.2 Å². The summed E-state index contributed by atoms with van der Waals surface area (Å²) in [6.07, 6.45) is 4.41. The highest BCUT2D eigenvalue weighted by Crippen LogP contribution is 2.18. The molecule has 1 aliphatic heterocycles. The molecule has 1 rings (SSSR count). The lowest BCUT2D eigenvalue weighted by molar-refractivity contribution is 0.0556. The van der Waals surface area contributed by atoms with Crippen molar-refractivity contribution in [2.45, 2.75) is 45.3 Å². The fourth-order valence-electron chi connectivity index (χ4n) is 1.81. The second-order valence-electron chi connectivity index (χ2n) is 4.39. The van der Waals surface area contributed by atoms with Crippen LogP contribution in [-0.4, -0.2) is 31.2 Å². The Kier molecular flexibility index (Phi) is 5.83. The number of halogens is 1. The van der Waals surface area contributed by atoms with Gasteiger partial charge in [0.15, 0.2) is 0 Å². The van der Waals surface area contributed by atoms with E-state index in [1.165, 1.54) is 12.8 Å². The van der Waals surface area contributed by atoms with Gasteiger partial charge in [-0.2, -0.15) is 0 Å². The molecule has 3 heteroatoms. The summed E-state index contributed by atoms with van der Waals surface area (Å²) in [4.78, 5) is 0. The summed E-state index contributed by atoms with van der Waals surface area (Å²) in [6.45, 7) is 6.43. The highest BCUT2D eigenvalue weighted by molar-refractivity contribution is 6.17. The topological polar surface area (TPSA) is 21.3 Å². The van der Waals surface area contributed by atoms with Crippen LogP contribution in [0.15, 0.2) is 0 Å². The van der Waals surface area contributed by atoms with E-state index in [0.717, 1.165) is 25.4 Å². The van der Waals surface area contributed by atoms with E-state index >= 15 is 0 Å². The number of nitrogens with one attached hydrogen (secondary N) is 1. The van der Waals surface area contributed by atoms with E-state index in [4.69, 9.17) is 16.3 Å². The molecule has 1 N–H and O–H groups in total. The summed E-state index contributed by atoms with van der Waals surface area (Å²) >= 11 is 5.67. The van der Waals surface area contributed by atoms with E-state index in [9.17, 15) is 0 Å². The van der Waals surface area contributed by atoms with E-state index in [1.54, 1.807) is 0 Å². The minimum absolute atomic E-state index is 0.438. The lowest BCUT2D eigenvalue weighted by Crippen LogP contribution is -2.30. The molecule has 0 spiro atoms. The largest absolute Gasteiger partial charge is 0.374 e. The molecule has 2 nitrogen and oxygen atoms in total. The fraction of sp³-hybridized carbons (Fsp3) is 1.00. The highest BCUT2D eigenvalue weighted by atomic mass is 35.5. The molecule has 0 bridgehead atoms. The molecule has 0 amide bonds.